The molecule has 3 aromatic carbocycles. The average Bonchev–Trinajstić information content (AvgIpc) is 2.70. The standard InChI is InChI=1S/C21H15Cl3N2O3S/c22-15-4-1-14(2-5-15)3-12-21(27)25-20-13-18(10-11-19(20)24)30(28,29)26-17-8-6-16(23)7-9-17/h1-13,26H,(H,25,27)/b12-3+. The van der Waals surface area contributed by atoms with Gasteiger partial charge in [-0.2, -0.15) is 0 Å². The number of halogens is 3. The van der Waals surface area contributed by atoms with Crippen molar-refractivity contribution < 1.29 is 13.2 Å². The summed E-state index contributed by atoms with van der Waals surface area (Å²) in [5.74, 6) is -0.466. The molecule has 5 nitrogen and oxygen atoms in total. The lowest BCUT2D eigenvalue weighted by atomic mass is 10.2. The second-order valence-electron chi connectivity index (χ2n) is 6.13. The predicted molar refractivity (Wildman–Crippen MR) is 123 cm³/mol. The number of hydrogen-bond donors (Lipinski definition) is 2. The van der Waals surface area contributed by atoms with E-state index in [2.05, 4.69) is 10.0 Å². The van der Waals surface area contributed by atoms with Gasteiger partial charge in [-0.3, -0.25) is 9.52 Å². The molecule has 0 aliphatic rings. The third-order valence-corrected chi connectivity index (χ3v) is 6.11. The molecule has 30 heavy (non-hydrogen) atoms. The van der Waals surface area contributed by atoms with Gasteiger partial charge < -0.3 is 5.32 Å². The molecule has 0 radical (unpaired) electrons. The molecule has 0 aromatic heterocycles. The molecule has 154 valence electrons. The summed E-state index contributed by atoms with van der Waals surface area (Å²) >= 11 is 17.8. The molecule has 0 aliphatic carbocycles. The fraction of sp³-hybridized carbons (Fsp3) is 0. The topological polar surface area (TPSA) is 75.3 Å². The highest BCUT2D eigenvalue weighted by Crippen LogP contribution is 2.27. The lowest BCUT2D eigenvalue weighted by molar-refractivity contribution is -0.111. The van der Waals surface area contributed by atoms with Crippen LogP contribution in [0.2, 0.25) is 15.1 Å². The van der Waals surface area contributed by atoms with E-state index in [-0.39, 0.29) is 15.6 Å². The van der Waals surface area contributed by atoms with Gasteiger partial charge in [0.2, 0.25) is 5.91 Å². The lowest BCUT2D eigenvalue weighted by Crippen LogP contribution is -2.14. The van der Waals surface area contributed by atoms with Crippen LogP contribution in [0, 0.1) is 0 Å². The van der Waals surface area contributed by atoms with Gasteiger partial charge in [0.1, 0.15) is 0 Å². The second-order valence-corrected chi connectivity index (χ2v) is 9.09. The van der Waals surface area contributed by atoms with Crippen molar-refractivity contribution in [2.45, 2.75) is 4.90 Å². The normalized spacial score (nSPS) is 11.4. The summed E-state index contributed by atoms with van der Waals surface area (Å²) in [6, 6.07) is 17.2. The Balaban J connectivity index is 1.76. The Morgan fingerprint density at radius 1 is 0.833 bits per heavy atom. The van der Waals surface area contributed by atoms with Gasteiger partial charge >= 0.3 is 0 Å². The van der Waals surface area contributed by atoms with Crippen LogP contribution in [0.5, 0.6) is 0 Å². The van der Waals surface area contributed by atoms with E-state index in [0.29, 0.717) is 15.7 Å². The highest BCUT2D eigenvalue weighted by Gasteiger charge is 2.17. The van der Waals surface area contributed by atoms with Crippen LogP contribution in [-0.2, 0) is 14.8 Å². The molecule has 3 aromatic rings. The van der Waals surface area contributed by atoms with E-state index in [1.54, 1.807) is 54.6 Å². The van der Waals surface area contributed by atoms with E-state index < -0.39 is 15.9 Å². The van der Waals surface area contributed by atoms with Crippen molar-refractivity contribution in [3.05, 3.63) is 93.4 Å². The second kappa shape index (κ2) is 9.53. The molecule has 0 heterocycles. The molecule has 1 amide bonds. The Bertz CT molecular complexity index is 1190. The summed E-state index contributed by atoms with van der Waals surface area (Å²) in [4.78, 5) is 12.2. The highest BCUT2D eigenvalue weighted by atomic mass is 35.5. The summed E-state index contributed by atoms with van der Waals surface area (Å²) in [6.07, 6.45) is 2.91. The molecule has 0 aliphatic heterocycles. The molecule has 0 saturated heterocycles. The van der Waals surface area contributed by atoms with Crippen molar-refractivity contribution in [1.29, 1.82) is 0 Å². The molecule has 0 spiro atoms. The van der Waals surface area contributed by atoms with Crippen LogP contribution in [0.4, 0.5) is 11.4 Å². The maximum absolute atomic E-state index is 12.6. The largest absolute Gasteiger partial charge is 0.321 e. The number of nitrogens with one attached hydrogen (secondary N) is 2. The van der Waals surface area contributed by atoms with Gasteiger partial charge in [0.15, 0.2) is 0 Å². The zero-order valence-electron chi connectivity index (χ0n) is 15.3. The van der Waals surface area contributed by atoms with Crippen molar-refractivity contribution in [3.8, 4) is 0 Å². The summed E-state index contributed by atoms with van der Waals surface area (Å²) < 4.78 is 27.7. The van der Waals surface area contributed by atoms with E-state index in [0.717, 1.165) is 5.56 Å². The maximum Gasteiger partial charge on any atom is 0.261 e. The van der Waals surface area contributed by atoms with Crippen LogP contribution in [0.1, 0.15) is 5.56 Å². The highest BCUT2D eigenvalue weighted by molar-refractivity contribution is 7.92. The van der Waals surface area contributed by atoms with Gasteiger partial charge in [0, 0.05) is 21.8 Å². The zero-order chi connectivity index (χ0) is 21.7. The van der Waals surface area contributed by atoms with Crippen molar-refractivity contribution in [1.82, 2.24) is 0 Å². The van der Waals surface area contributed by atoms with E-state index in [1.807, 2.05) is 0 Å². The molecule has 0 atom stereocenters. The van der Waals surface area contributed by atoms with Crippen LogP contribution >= 0.6 is 34.8 Å². The molecule has 0 fully saturated rings. The predicted octanol–water partition coefficient (Wildman–Crippen LogP) is 6.10. The number of carbonyl (C=O) groups is 1. The van der Waals surface area contributed by atoms with Crippen molar-refractivity contribution in [2.24, 2.45) is 0 Å². The molecule has 0 saturated carbocycles. The first-order valence-electron chi connectivity index (χ1n) is 8.55. The fourth-order valence-corrected chi connectivity index (χ4v) is 3.92. The van der Waals surface area contributed by atoms with E-state index in [4.69, 9.17) is 34.8 Å². The molecule has 9 heteroatoms. The number of carbonyl (C=O) groups excluding carboxylic acids is 1. The molecule has 3 rings (SSSR count). The van der Waals surface area contributed by atoms with Gasteiger partial charge in [0.25, 0.3) is 10.0 Å². The number of anilines is 2. The molecular formula is C21H15Cl3N2O3S. The first-order valence-corrected chi connectivity index (χ1v) is 11.2. The number of amides is 1. The first-order chi connectivity index (χ1) is 14.2. The van der Waals surface area contributed by atoms with Gasteiger partial charge in [-0.1, -0.05) is 46.9 Å². The number of benzene rings is 3. The van der Waals surface area contributed by atoms with E-state index in [1.165, 1.54) is 24.3 Å². The quantitative estimate of drug-likeness (QED) is 0.418. The minimum absolute atomic E-state index is 0.0566. The molecular weight excluding hydrogens is 467 g/mol. The molecule has 0 unspecified atom stereocenters. The SMILES string of the molecule is O=C(/C=C/c1ccc(Cl)cc1)Nc1cc(S(=O)(=O)Nc2ccc(Cl)cc2)ccc1Cl. The first kappa shape index (κ1) is 22.2. The summed E-state index contributed by atoms with van der Waals surface area (Å²) in [7, 11) is -3.89. The van der Waals surface area contributed by atoms with Crippen LogP contribution in [0.3, 0.4) is 0 Å². The third-order valence-electron chi connectivity index (χ3n) is 3.90. The Kier molecular flexibility index (Phi) is 7.05. The Labute approximate surface area is 189 Å². The van der Waals surface area contributed by atoms with Crippen LogP contribution < -0.4 is 10.0 Å². The fourth-order valence-electron chi connectivity index (χ4n) is 2.42. The zero-order valence-corrected chi connectivity index (χ0v) is 18.4. The maximum atomic E-state index is 12.6. The van der Waals surface area contributed by atoms with Crippen LogP contribution in [0.15, 0.2) is 77.7 Å². The Hall–Kier alpha value is -2.51. The van der Waals surface area contributed by atoms with Crippen molar-refractivity contribution in [3.63, 3.8) is 0 Å². The van der Waals surface area contributed by atoms with Gasteiger partial charge in [0.05, 0.1) is 15.6 Å². The van der Waals surface area contributed by atoms with Gasteiger partial charge in [-0.25, -0.2) is 8.42 Å². The smallest absolute Gasteiger partial charge is 0.261 e. The van der Waals surface area contributed by atoms with Crippen LogP contribution in [-0.4, -0.2) is 14.3 Å². The van der Waals surface area contributed by atoms with E-state index in [9.17, 15) is 13.2 Å². The van der Waals surface area contributed by atoms with Crippen molar-refractivity contribution in [2.75, 3.05) is 10.0 Å². The minimum Gasteiger partial charge on any atom is -0.321 e. The lowest BCUT2D eigenvalue weighted by Gasteiger charge is -2.11. The number of sulfonamides is 1. The monoisotopic (exact) mass is 480 g/mol. The average molecular weight is 482 g/mol. The van der Waals surface area contributed by atoms with Crippen LogP contribution in [0.25, 0.3) is 6.08 Å². The Morgan fingerprint density at radius 3 is 2.07 bits per heavy atom. The molecule has 2 N–H and O–H groups in total. The van der Waals surface area contributed by atoms with E-state index >= 15 is 0 Å². The molecule has 0 bridgehead atoms. The minimum atomic E-state index is -3.89. The van der Waals surface area contributed by atoms with Crippen molar-refractivity contribution >= 4 is 68.2 Å². The summed E-state index contributed by atoms with van der Waals surface area (Å²) in [5.41, 5.74) is 1.30. The van der Waals surface area contributed by atoms with Gasteiger partial charge in [-0.15, -0.1) is 0 Å². The summed E-state index contributed by atoms with van der Waals surface area (Å²) in [6.45, 7) is 0. The summed E-state index contributed by atoms with van der Waals surface area (Å²) in [5, 5.41) is 3.86. The van der Waals surface area contributed by atoms with Gasteiger partial charge in [-0.05, 0) is 66.2 Å². The number of hydrogen-bond acceptors (Lipinski definition) is 3. The Morgan fingerprint density at radius 2 is 1.43 bits per heavy atom. The number of rotatable bonds is 6. The third kappa shape index (κ3) is 6.00.